The first-order valence-electron chi connectivity index (χ1n) is 10.3. The third-order valence-corrected chi connectivity index (χ3v) is 5.54. The highest BCUT2D eigenvalue weighted by atomic mass is 16.5. The number of carbonyl (C=O) groups excluding carboxylic acids is 1. The zero-order valence-corrected chi connectivity index (χ0v) is 16.9. The summed E-state index contributed by atoms with van der Waals surface area (Å²) in [7, 11) is 1.67. The van der Waals surface area contributed by atoms with E-state index in [0.717, 1.165) is 68.2 Å². The van der Waals surface area contributed by atoms with Gasteiger partial charge in [-0.25, -0.2) is 4.98 Å². The zero-order chi connectivity index (χ0) is 20.1. The van der Waals surface area contributed by atoms with Crippen LogP contribution in [0.1, 0.15) is 24.2 Å². The average molecular weight is 393 g/mol. The monoisotopic (exact) mass is 392 g/mol. The van der Waals surface area contributed by atoms with Gasteiger partial charge in [0, 0.05) is 38.7 Å². The number of nitrogens with one attached hydrogen (secondary N) is 1. The molecule has 29 heavy (non-hydrogen) atoms. The van der Waals surface area contributed by atoms with Gasteiger partial charge < -0.3 is 14.6 Å². The molecule has 2 heterocycles. The number of fused-ring (bicyclic) bond motifs is 1. The number of nitrogens with zero attached hydrogens (tertiary/aromatic N) is 3. The molecule has 3 aromatic rings. The number of ether oxygens (including phenoxy) is 1. The quantitative estimate of drug-likeness (QED) is 0.671. The lowest BCUT2D eigenvalue weighted by Gasteiger charge is -2.34. The summed E-state index contributed by atoms with van der Waals surface area (Å²) in [6.45, 7) is 4.11. The number of aryl methyl sites for hydroxylation is 1. The van der Waals surface area contributed by atoms with Gasteiger partial charge in [-0.1, -0.05) is 30.3 Å². The highest BCUT2D eigenvalue weighted by Gasteiger charge is 2.21. The van der Waals surface area contributed by atoms with Gasteiger partial charge in [0.15, 0.2) is 0 Å². The number of methoxy groups -OCH3 is 1. The lowest BCUT2D eigenvalue weighted by molar-refractivity contribution is -0.133. The molecule has 0 aliphatic carbocycles. The molecule has 1 amide bonds. The van der Waals surface area contributed by atoms with Crippen molar-refractivity contribution in [2.45, 2.75) is 25.8 Å². The Bertz CT molecular complexity index is 946. The van der Waals surface area contributed by atoms with Gasteiger partial charge in [0.05, 0.1) is 24.7 Å². The van der Waals surface area contributed by atoms with Gasteiger partial charge in [-0.2, -0.15) is 0 Å². The summed E-state index contributed by atoms with van der Waals surface area (Å²) in [6.07, 6.45) is 2.50. The number of rotatable bonds is 7. The van der Waals surface area contributed by atoms with E-state index in [1.165, 1.54) is 5.56 Å². The molecule has 0 saturated carbocycles. The third-order valence-electron chi connectivity index (χ3n) is 5.54. The van der Waals surface area contributed by atoms with E-state index in [9.17, 15) is 4.79 Å². The Morgan fingerprint density at radius 3 is 2.66 bits per heavy atom. The van der Waals surface area contributed by atoms with E-state index < -0.39 is 0 Å². The summed E-state index contributed by atoms with van der Waals surface area (Å²) in [6, 6.07) is 16.2. The number of amides is 1. The standard InChI is InChI=1S/C23H28N4O2/c1-29-19-10-11-20-21(16-19)25-22(24-20)17-26-12-14-27(15-13-26)23(28)9-5-8-18-6-3-2-4-7-18/h2-4,6-7,10-11,16H,5,8-9,12-15,17H2,1H3,(H,24,25). The minimum absolute atomic E-state index is 0.274. The Kier molecular flexibility index (Phi) is 6.10. The molecule has 1 aliphatic heterocycles. The normalized spacial score (nSPS) is 15.0. The molecule has 0 radical (unpaired) electrons. The summed E-state index contributed by atoms with van der Waals surface area (Å²) < 4.78 is 5.27. The number of H-pyrrole nitrogens is 1. The molecule has 1 saturated heterocycles. The molecule has 0 spiro atoms. The van der Waals surface area contributed by atoms with Crippen molar-refractivity contribution in [1.82, 2.24) is 19.8 Å². The van der Waals surface area contributed by atoms with Crippen LogP contribution in [0, 0.1) is 0 Å². The summed E-state index contributed by atoms with van der Waals surface area (Å²) in [4.78, 5) is 24.9. The molecule has 1 fully saturated rings. The van der Waals surface area contributed by atoms with Crippen LogP contribution in [0.5, 0.6) is 5.75 Å². The number of benzene rings is 2. The van der Waals surface area contributed by atoms with Crippen LogP contribution in [-0.4, -0.2) is 59.0 Å². The molecule has 152 valence electrons. The predicted octanol–water partition coefficient (Wildman–Crippen LogP) is 3.24. The Morgan fingerprint density at radius 2 is 1.90 bits per heavy atom. The van der Waals surface area contributed by atoms with Crippen molar-refractivity contribution in [1.29, 1.82) is 0 Å². The molecule has 1 aromatic heterocycles. The number of aromatic nitrogens is 2. The molecular formula is C23H28N4O2. The summed E-state index contributed by atoms with van der Waals surface area (Å²) in [5.74, 6) is 2.05. The summed E-state index contributed by atoms with van der Waals surface area (Å²) in [5, 5.41) is 0. The molecule has 0 atom stereocenters. The largest absolute Gasteiger partial charge is 0.497 e. The maximum atomic E-state index is 12.5. The van der Waals surface area contributed by atoms with Crippen LogP contribution in [0.15, 0.2) is 48.5 Å². The van der Waals surface area contributed by atoms with Crippen molar-refractivity contribution in [3.63, 3.8) is 0 Å². The highest BCUT2D eigenvalue weighted by Crippen LogP contribution is 2.19. The van der Waals surface area contributed by atoms with E-state index >= 15 is 0 Å². The van der Waals surface area contributed by atoms with Gasteiger partial charge in [-0.15, -0.1) is 0 Å². The molecule has 0 unspecified atom stereocenters. The number of carbonyl (C=O) groups is 1. The second kappa shape index (κ2) is 9.09. The maximum absolute atomic E-state index is 12.5. The van der Waals surface area contributed by atoms with Crippen LogP contribution < -0.4 is 4.74 Å². The number of hydrogen-bond acceptors (Lipinski definition) is 4. The molecule has 6 heteroatoms. The lowest BCUT2D eigenvalue weighted by atomic mass is 10.1. The first kappa shape index (κ1) is 19.5. The number of piperazine rings is 1. The van der Waals surface area contributed by atoms with Gasteiger partial charge in [-0.3, -0.25) is 9.69 Å². The fourth-order valence-corrected chi connectivity index (χ4v) is 3.86. The van der Waals surface area contributed by atoms with Crippen LogP contribution in [-0.2, 0) is 17.8 Å². The lowest BCUT2D eigenvalue weighted by Crippen LogP contribution is -2.48. The van der Waals surface area contributed by atoms with Crippen molar-refractivity contribution in [3.05, 3.63) is 59.9 Å². The van der Waals surface area contributed by atoms with Crippen LogP contribution in [0.3, 0.4) is 0 Å². The Labute approximate surface area is 171 Å². The van der Waals surface area contributed by atoms with Crippen molar-refractivity contribution >= 4 is 16.9 Å². The Balaban J connectivity index is 1.23. The molecule has 4 rings (SSSR count). The van der Waals surface area contributed by atoms with Gasteiger partial charge in [0.25, 0.3) is 0 Å². The molecule has 6 nitrogen and oxygen atoms in total. The molecule has 2 aromatic carbocycles. The molecule has 0 bridgehead atoms. The first-order chi connectivity index (χ1) is 14.2. The van der Waals surface area contributed by atoms with Crippen LogP contribution in [0.4, 0.5) is 0 Å². The predicted molar refractivity (Wildman–Crippen MR) is 114 cm³/mol. The molecule has 1 N–H and O–H groups in total. The van der Waals surface area contributed by atoms with E-state index in [1.54, 1.807) is 7.11 Å². The first-order valence-corrected chi connectivity index (χ1v) is 10.3. The van der Waals surface area contributed by atoms with E-state index in [1.807, 2.05) is 29.2 Å². The summed E-state index contributed by atoms with van der Waals surface area (Å²) >= 11 is 0. The fraction of sp³-hybridized carbons (Fsp3) is 0.391. The van der Waals surface area contributed by atoms with E-state index in [-0.39, 0.29) is 5.91 Å². The minimum Gasteiger partial charge on any atom is -0.497 e. The molecule has 1 aliphatic rings. The number of hydrogen-bond donors (Lipinski definition) is 1. The van der Waals surface area contributed by atoms with Crippen LogP contribution in [0.25, 0.3) is 11.0 Å². The SMILES string of the molecule is COc1ccc2nc(CN3CCN(C(=O)CCCc4ccccc4)CC3)[nH]c2c1. The smallest absolute Gasteiger partial charge is 0.222 e. The number of imidazole rings is 1. The topological polar surface area (TPSA) is 61.5 Å². The van der Waals surface area contributed by atoms with Crippen LogP contribution >= 0.6 is 0 Å². The molecular weight excluding hydrogens is 364 g/mol. The second-order valence-corrected chi connectivity index (χ2v) is 7.56. The van der Waals surface area contributed by atoms with Crippen LogP contribution in [0.2, 0.25) is 0 Å². The van der Waals surface area contributed by atoms with Crippen molar-refractivity contribution < 1.29 is 9.53 Å². The highest BCUT2D eigenvalue weighted by molar-refractivity contribution is 5.77. The van der Waals surface area contributed by atoms with Crippen molar-refractivity contribution in [2.75, 3.05) is 33.3 Å². The second-order valence-electron chi connectivity index (χ2n) is 7.56. The van der Waals surface area contributed by atoms with E-state index in [2.05, 4.69) is 39.1 Å². The fourth-order valence-electron chi connectivity index (χ4n) is 3.86. The Hall–Kier alpha value is -2.86. The minimum atomic E-state index is 0.274. The van der Waals surface area contributed by atoms with Gasteiger partial charge in [0.1, 0.15) is 11.6 Å². The van der Waals surface area contributed by atoms with Gasteiger partial charge >= 0.3 is 0 Å². The van der Waals surface area contributed by atoms with Gasteiger partial charge in [0.2, 0.25) is 5.91 Å². The van der Waals surface area contributed by atoms with E-state index in [0.29, 0.717) is 6.42 Å². The van der Waals surface area contributed by atoms with E-state index in [4.69, 9.17) is 4.74 Å². The average Bonchev–Trinajstić information content (AvgIpc) is 3.16. The van der Waals surface area contributed by atoms with Crippen molar-refractivity contribution in [3.8, 4) is 5.75 Å². The zero-order valence-electron chi connectivity index (χ0n) is 16.9. The summed E-state index contributed by atoms with van der Waals surface area (Å²) in [5.41, 5.74) is 3.24. The third kappa shape index (κ3) is 4.95. The van der Waals surface area contributed by atoms with Crippen molar-refractivity contribution in [2.24, 2.45) is 0 Å². The Morgan fingerprint density at radius 1 is 1.10 bits per heavy atom. The van der Waals surface area contributed by atoms with Gasteiger partial charge in [-0.05, 0) is 30.5 Å². The maximum Gasteiger partial charge on any atom is 0.222 e. The number of aromatic amines is 1.